The van der Waals surface area contributed by atoms with Gasteiger partial charge in [0.25, 0.3) is 0 Å². The van der Waals surface area contributed by atoms with Gasteiger partial charge in [-0.05, 0) is 42.2 Å². The number of ether oxygens (including phenoxy) is 1. The Kier molecular flexibility index (Phi) is 3.18. The summed E-state index contributed by atoms with van der Waals surface area (Å²) in [6, 6.07) is 13.0. The zero-order valence-electron chi connectivity index (χ0n) is 11.3. The van der Waals surface area contributed by atoms with E-state index in [1.165, 1.54) is 0 Å². The van der Waals surface area contributed by atoms with Crippen molar-refractivity contribution in [2.24, 2.45) is 5.92 Å². The van der Waals surface area contributed by atoms with E-state index < -0.39 is 0 Å². The Hall–Kier alpha value is -2.29. The number of phenolic OH excluding ortho intramolecular Hbond substituents is 1. The van der Waals surface area contributed by atoms with Crippen LogP contribution >= 0.6 is 0 Å². The first kappa shape index (κ1) is 12.7. The Balaban J connectivity index is 1.80. The van der Waals surface area contributed by atoms with E-state index in [1.54, 1.807) is 19.2 Å². The summed E-state index contributed by atoms with van der Waals surface area (Å²) in [6.07, 6.45) is 1.39. The first-order valence-corrected chi connectivity index (χ1v) is 6.67. The fraction of sp³-hybridized carbons (Fsp3) is 0.235. The number of Topliss-reactive ketones (excluding diaryl/α,β-unsaturated/α-hetero) is 1. The molecule has 0 heterocycles. The molecule has 0 saturated heterocycles. The van der Waals surface area contributed by atoms with Gasteiger partial charge in [-0.15, -0.1) is 0 Å². The molecule has 0 fully saturated rings. The van der Waals surface area contributed by atoms with Gasteiger partial charge in [-0.3, -0.25) is 4.79 Å². The van der Waals surface area contributed by atoms with Crippen LogP contribution in [0.15, 0.2) is 42.5 Å². The van der Waals surface area contributed by atoms with Gasteiger partial charge in [-0.25, -0.2) is 0 Å². The topological polar surface area (TPSA) is 46.5 Å². The molecule has 1 aliphatic rings. The van der Waals surface area contributed by atoms with Crippen LogP contribution in [0.3, 0.4) is 0 Å². The van der Waals surface area contributed by atoms with Crippen LogP contribution in [0.4, 0.5) is 0 Å². The molecule has 1 atom stereocenters. The van der Waals surface area contributed by atoms with Gasteiger partial charge < -0.3 is 9.84 Å². The van der Waals surface area contributed by atoms with Crippen molar-refractivity contribution in [1.29, 1.82) is 0 Å². The van der Waals surface area contributed by atoms with Crippen LogP contribution < -0.4 is 4.74 Å². The quantitative estimate of drug-likeness (QED) is 0.930. The first-order chi connectivity index (χ1) is 9.69. The second-order valence-corrected chi connectivity index (χ2v) is 5.13. The van der Waals surface area contributed by atoms with Crippen molar-refractivity contribution >= 4 is 5.78 Å². The first-order valence-electron chi connectivity index (χ1n) is 6.67. The van der Waals surface area contributed by atoms with E-state index in [4.69, 9.17) is 4.74 Å². The van der Waals surface area contributed by atoms with Gasteiger partial charge in [0.1, 0.15) is 11.5 Å². The molecule has 3 rings (SSSR count). The molecule has 2 aromatic rings. The second kappa shape index (κ2) is 5.00. The molecular formula is C17H16O3. The predicted octanol–water partition coefficient (Wildman–Crippen LogP) is 3.00. The van der Waals surface area contributed by atoms with Crippen molar-refractivity contribution in [2.75, 3.05) is 7.11 Å². The number of aromatic hydroxyl groups is 1. The van der Waals surface area contributed by atoms with Crippen LogP contribution in [0.5, 0.6) is 11.5 Å². The number of carbonyl (C=O) groups excluding carboxylic acids is 1. The summed E-state index contributed by atoms with van der Waals surface area (Å²) in [5.41, 5.74) is 2.57. The van der Waals surface area contributed by atoms with Crippen LogP contribution in [0, 0.1) is 5.92 Å². The Morgan fingerprint density at radius 1 is 1.20 bits per heavy atom. The molecule has 20 heavy (non-hydrogen) atoms. The molecule has 0 amide bonds. The van der Waals surface area contributed by atoms with E-state index in [1.807, 2.05) is 30.3 Å². The lowest BCUT2D eigenvalue weighted by atomic mass is 9.95. The lowest BCUT2D eigenvalue weighted by molar-refractivity contribution is 0.0934. The smallest absolute Gasteiger partial charge is 0.170 e. The fourth-order valence-corrected chi connectivity index (χ4v) is 2.81. The average Bonchev–Trinajstić information content (AvgIpc) is 2.78. The van der Waals surface area contributed by atoms with Gasteiger partial charge >= 0.3 is 0 Å². The third-order valence-electron chi connectivity index (χ3n) is 3.85. The minimum absolute atomic E-state index is 0.0499. The van der Waals surface area contributed by atoms with E-state index in [0.717, 1.165) is 16.9 Å². The van der Waals surface area contributed by atoms with Gasteiger partial charge in [-0.2, -0.15) is 0 Å². The minimum atomic E-state index is -0.0771. The molecule has 1 N–H and O–H groups in total. The maximum Gasteiger partial charge on any atom is 0.170 e. The number of benzene rings is 2. The highest BCUT2D eigenvalue weighted by atomic mass is 16.5. The molecule has 1 aliphatic carbocycles. The summed E-state index contributed by atoms with van der Waals surface area (Å²) in [5.74, 6) is 0.887. The Bertz CT molecular complexity index is 644. The highest BCUT2D eigenvalue weighted by molar-refractivity contribution is 6.04. The Morgan fingerprint density at radius 3 is 2.60 bits per heavy atom. The predicted molar refractivity (Wildman–Crippen MR) is 76.3 cm³/mol. The van der Waals surface area contributed by atoms with Gasteiger partial charge in [0.2, 0.25) is 0 Å². The molecule has 0 saturated carbocycles. The van der Waals surface area contributed by atoms with E-state index in [-0.39, 0.29) is 17.5 Å². The average molecular weight is 268 g/mol. The summed E-state index contributed by atoms with van der Waals surface area (Å²) in [4.78, 5) is 12.4. The SMILES string of the molecule is COc1ccc(CC2Cc3cccc(O)c3C2=O)cc1. The van der Waals surface area contributed by atoms with Gasteiger partial charge in [0.05, 0.1) is 12.7 Å². The number of phenols is 1. The molecular weight excluding hydrogens is 252 g/mol. The largest absolute Gasteiger partial charge is 0.507 e. The van der Waals surface area contributed by atoms with Crippen molar-refractivity contribution < 1.29 is 14.6 Å². The van der Waals surface area contributed by atoms with Crippen LogP contribution in [0.25, 0.3) is 0 Å². The Labute approximate surface area is 117 Å². The van der Waals surface area contributed by atoms with E-state index in [2.05, 4.69) is 0 Å². The number of carbonyl (C=O) groups is 1. The molecule has 0 spiro atoms. The highest BCUT2D eigenvalue weighted by Gasteiger charge is 2.32. The van der Waals surface area contributed by atoms with Crippen molar-refractivity contribution in [3.8, 4) is 11.5 Å². The molecule has 0 aliphatic heterocycles. The van der Waals surface area contributed by atoms with Crippen LogP contribution in [0.1, 0.15) is 21.5 Å². The Morgan fingerprint density at radius 2 is 1.95 bits per heavy atom. The molecule has 0 radical (unpaired) electrons. The van der Waals surface area contributed by atoms with Gasteiger partial charge in [0.15, 0.2) is 5.78 Å². The number of methoxy groups -OCH3 is 1. The molecule has 0 bridgehead atoms. The number of rotatable bonds is 3. The molecule has 0 aromatic heterocycles. The summed E-state index contributed by atoms with van der Waals surface area (Å²) in [6.45, 7) is 0. The lowest BCUT2D eigenvalue weighted by Gasteiger charge is -2.08. The number of fused-ring (bicyclic) bond motifs is 1. The second-order valence-electron chi connectivity index (χ2n) is 5.13. The van der Waals surface area contributed by atoms with Crippen LogP contribution in [0.2, 0.25) is 0 Å². The molecule has 3 nitrogen and oxygen atoms in total. The minimum Gasteiger partial charge on any atom is -0.507 e. The molecule has 102 valence electrons. The number of hydrogen-bond acceptors (Lipinski definition) is 3. The summed E-state index contributed by atoms with van der Waals surface area (Å²) in [5, 5.41) is 9.82. The van der Waals surface area contributed by atoms with Crippen molar-refractivity contribution in [1.82, 2.24) is 0 Å². The number of ketones is 1. The van der Waals surface area contributed by atoms with Crippen molar-refractivity contribution in [3.05, 3.63) is 59.2 Å². The molecule has 3 heteroatoms. The van der Waals surface area contributed by atoms with Crippen LogP contribution in [-0.4, -0.2) is 18.0 Å². The fourth-order valence-electron chi connectivity index (χ4n) is 2.81. The zero-order chi connectivity index (χ0) is 14.1. The van der Waals surface area contributed by atoms with Crippen molar-refractivity contribution in [3.63, 3.8) is 0 Å². The highest BCUT2D eigenvalue weighted by Crippen LogP contribution is 2.34. The summed E-state index contributed by atoms with van der Waals surface area (Å²) in [7, 11) is 1.63. The normalized spacial score (nSPS) is 17.1. The van der Waals surface area contributed by atoms with Crippen molar-refractivity contribution in [2.45, 2.75) is 12.8 Å². The maximum atomic E-state index is 12.4. The van der Waals surface area contributed by atoms with E-state index in [9.17, 15) is 9.90 Å². The molecule has 2 aromatic carbocycles. The lowest BCUT2D eigenvalue weighted by Crippen LogP contribution is -2.12. The molecule has 1 unspecified atom stereocenters. The van der Waals surface area contributed by atoms with E-state index >= 15 is 0 Å². The summed E-state index contributed by atoms with van der Waals surface area (Å²) < 4.78 is 5.13. The monoisotopic (exact) mass is 268 g/mol. The van der Waals surface area contributed by atoms with Gasteiger partial charge in [0, 0.05) is 5.92 Å². The zero-order valence-corrected chi connectivity index (χ0v) is 11.3. The van der Waals surface area contributed by atoms with Gasteiger partial charge in [-0.1, -0.05) is 24.3 Å². The third-order valence-corrected chi connectivity index (χ3v) is 3.85. The standard InChI is InChI=1S/C17H16O3/c1-20-14-7-5-11(6-8-14)9-13-10-12-3-2-4-15(18)16(12)17(13)19/h2-8,13,18H,9-10H2,1H3. The third kappa shape index (κ3) is 2.16. The maximum absolute atomic E-state index is 12.4. The summed E-state index contributed by atoms with van der Waals surface area (Å²) >= 11 is 0. The van der Waals surface area contributed by atoms with Crippen LogP contribution in [-0.2, 0) is 12.8 Å². The number of hydrogen-bond donors (Lipinski definition) is 1. The van der Waals surface area contributed by atoms with E-state index in [0.29, 0.717) is 18.4 Å².